The van der Waals surface area contributed by atoms with Crippen molar-refractivity contribution in [1.29, 1.82) is 0 Å². The van der Waals surface area contributed by atoms with Crippen molar-refractivity contribution < 1.29 is 110 Å². The van der Waals surface area contributed by atoms with Gasteiger partial charge in [-0.2, -0.15) is 39.5 Å². The number of nitrogens with zero attached hydrogens (tertiary/aromatic N) is 1. The van der Waals surface area contributed by atoms with Gasteiger partial charge in [0.15, 0.2) is 6.10 Å². The Kier molecular flexibility index (Phi) is 38.7. The third-order valence-corrected chi connectivity index (χ3v) is 9.81. The van der Waals surface area contributed by atoms with E-state index in [0.29, 0.717) is 99.2 Å². The van der Waals surface area contributed by atoms with E-state index < -0.39 is 80.3 Å². The van der Waals surface area contributed by atoms with Crippen molar-refractivity contribution in [3.63, 3.8) is 0 Å². The summed E-state index contributed by atoms with van der Waals surface area (Å²) in [6, 6.07) is 0. The number of alkyl halides is 10. The molecule has 0 bridgehead atoms. The molecule has 424 valence electrons. The first-order valence-electron chi connectivity index (χ1n) is 23.4. The number of rotatable bonds is 48. The summed E-state index contributed by atoms with van der Waals surface area (Å²) in [6.07, 6.45) is -26.3. The Bertz CT molecular complexity index is 1300. The first-order chi connectivity index (χ1) is 33.6. The van der Waals surface area contributed by atoms with Crippen LogP contribution in [-0.2, 0) is 66.4 Å². The fraction of sp³-hybridized carbons (Fsp3) is 0.953. The molecule has 71 heavy (non-hydrogen) atoms. The fourth-order valence-corrected chi connectivity index (χ4v) is 5.75. The lowest BCUT2D eigenvalue weighted by Gasteiger charge is -2.39. The van der Waals surface area contributed by atoms with Crippen LogP contribution in [0.15, 0.2) is 0 Å². The molecule has 2 amide bonds. The maximum absolute atomic E-state index is 14.1. The summed E-state index contributed by atoms with van der Waals surface area (Å²) < 4.78 is 200. The number of hydrogen-bond donors (Lipinski definition) is 3. The molecule has 0 radical (unpaired) electrons. The van der Waals surface area contributed by atoms with Crippen molar-refractivity contribution in [2.45, 2.75) is 94.8 Å². The van der Waals surface area contributed by atoms with Crippen LogP contribution in [0.25, 0.3) is 0 Å². The van der Waals surface area contributed by atoms with E-state index in [1.54, 1.807) is 4.90 Å². The van der Waals surface area contributed by atoms with Gasteiger partial charge in [0.05, 0.1) is 150 Å². The Morgan fingerprint density at radius 2 is 0.915 bits per heavy atom. The van der Waals surface area contributed by atoms with E-state index >= 15 is 0 Å². The third kappa shape index (κ3) is 38.0. The van der Waals surface area contributed by atoms with E-state index in [2.05, 4.69) is 4.74 Å². The maximum atomic E-state index is 14.1. The molecule has 0 fully saturated rings. The molecule has 4 atom stereocenters. The van der Waals surface area contributed by atoms with E-state index in [1.807, 2.05) is 5.32 Å². The quantitative estimate of drug-likeness (QED) is 0.0582. The molecule has 0 aromatic rings. The van der Waals surface area contributed by atoms with Gasteiger partial charge in [0, 0.05) is 45.6 Å². The van der Waals surface area contributed by atoms with Gasteiger partial charge in [-0.15, -0.1) is 0 Å². The van der Waals surface area contributed by atoms with Crippen LogP contribution in [-0.4, -0.2) is 230 Å². The molecule has 28 heteroatoms. The SMILES string of the molecule is CCC(C)(CCC(F)(F)F)OC(CC(C)(CF)OC(C(=O)NCCOCCOCCOCCOCCC(=O)N(CCOCCOCCOCCN)CCOCCOCCOCCN)C(F)(F)F)C(F)(F)F. The van der Waals surface area contributed by atoms with Gasteiger partial charge in [0.1, 0.15) is 6.67 Å². The zero-order chi connectivity index (χ0) is 53.5. The summed E-state index contributed by atoms with van der Waals surface area (Å²) in [7, 11) is 0. The van der Waals surface area contributed by atoms with Gasteiger partial charge in [-0.3, -0.25) is 9.59 Å². The van der Waals surface area contributed by atoms with Gasteiger partial charge < -0.3 is 78.5 Å². The molecule has 4 unspecified atom stereocenters. The lowest BCUT2D eigenvalue weighted by Crippen LogP contribution is -2.54. The largest absolute Gasteiger partial charge is 0.423 e. The Hall–Kier alpha value is -2.32. The molecular formula is C43H78F10N4O14. The molecule has 0 saturated heterocycles. The minimum Gasteiger partial charge on any atom is -0.379 e. The number of carbonyl (C=O) groups excluding carboxylic acids is 2. The van der Waals surface area contributed by atoms with Crippen LogP contribution in [0.4, 0.5) is 43.9 Å². The summed E-state index contributed by atoms with van der Waals surface area (Å²) in [5.74, 6) is -2.01. The second-order valence-corrected chi connectivity index (χ2v) is 16.0. The predicted molar refractivity (Wildman–Crippen MR) is 235 cm³/mol. The number of hydrogen-bond acceptors (Lipinski definition) is 16. The highest BCUT2D eigenvalue weighted by atomic mass is 19.4. The summed E-state index contributed by atoms with van der Waals surface area (Å²) in [6.45, 7) is 6.84. The van der Waals surface area contributed by atoms with E-state index in [4.69, 9.17) is 63.6 Å². The van der Waals surface area contributed by atoms with Crippen LogP contribution in [0, 0.1) is 0 Å². The van der Waals surface area contributed by atoms with Crippen LogP contribution in [0.5, 0.6) is 0 Å². The molecule has 0 aromatic heterocycles. The summed E-state index contributed by atoms with van der Waals surface area (Å²) in [5.41, 5.74) is 5.80. The molecule has 0 heterocycles. The Morgan fingerprint density at radius 1 is 0.521 bits per heavy atom. The van der Waals surface area contributed by atoms with Crippen molar-refractivity contribution in [3.05, 3.63) is 0 Å². The van der Waals surface area contributed by atoms with Crippen LogP contribution in [0.2, 0.25) is 0 Å². The van der Waals surface area contributed by atoms with Crippen LogP contribution < -0.4 is 16.8 Å². The Labute approximate surface area is 409 Å². The number of nitrogens with two attached hydrogens (primary N) is 2. The zero-order valence-corrected chi connectivity index (χ0v) is 41.2. The van der Waals surface area contributed by atoms with Gasteiger partial charge in [-0.1, -0.05) is 6.92 Å². The van der Waals surface area contributed by atoms with Gasteiger partial charge >= 0.3 is 18.5 Å². The van der Waals surface area contributed by atoms with E-state index in [-0.39, 0.29) is 84.8 Å². The molecule has 0 saturated carbocycles. The van der Waals surface area contributed by atoms with Crippen molar-refractivity contribution in [3.8, 4) is 0 Å². The maximum Gasteiger partial charge on any atom is 0.423 e. The van der Waals surface area contributed by atoms with Crippen molar-refractivity contribution in [2.24, 2.45) is 11.5 Å². The second-order valence-electron chi connectivity index (χ2n) is 16.0. The van der Waals surface area contributed by atoms with Gasteiger partial charge in [-0.25, -0.2) is 4.39 Å². The van der Waals surface area contributed by atoms with Crippen molar-refractivity contribution in [1.82, 2.24) is 10.2 Å². The highest BCUT2D eigenvalue weighted by Crippen LogP contribution is 2.39. The number of ether oxygens (including phenoxy) is 12. The molecule has 0 spiro atoms. The van der Waals surface area contributed by atoms with E-state index in [0.717, 1.165) is 6.92 Å². The third-order valence-electron chi connectivity index (χ3n) is 9.81. The number of nitrogens with one attached hydrogen (secondary N) is 1. The minimum atomic E-state index is -5.51. The van der Waals surface area contributed by atoms with Gasteiger partial charge in [-0.05, 0) is 26.7 Å². The average Bonchev–Trinajstić information content (AvgIpc) is 3.30. The van der Waals surface area contributed by atoms with E-state index in [1.165, 1.54) is 6.92 Å². The van der Waals surface area contributed by atoms with Crippen LogP contribution in [0.3, 0.4) is 0 Å². The van der Waals surface area contributed by atoms with Crippen LogP contribution in [0.1, 0.15) is 52.9 Å². The standard InChI is InChI=1S/C43H78F10N4O14/c1-4-39(2,6-7-41(45,46)47)70-35(42(48,49)50)33-40(3,34-44)71-37(43(51,52)53)38(59)56-10-16-63-22-28-69-32-31-66-25-19-60-13-5-36(58)57(11-17-64-23-29-67-26-20-61-14-8-54)12-18-65-24-30-68-27-21-62-15-9-55/h35,37H,4-34,54-55H2,1-3H3,(H,56,59). The van der Waals surface area contributed by atoms with E-state index in [9.17, 15) is 53.5 Å². The fourth-order valence-electron chi connectivity index (χ4n) is 5.75. The van der Waals surface area contributed by atoms with Crippen molar-refractivity contribution in [2.75, 3.05) is 172 Å². The lowest BCUT2D eigenvalue weighted by atomic mass is 9.94. The first kappa shape index (κ1) is 68.7. The average molecular weight is 1070 g/mol. The first-order valence-corrected chi connectivity index (χ1v) is 23.4. The monoisotopic (exact) mass is 1060 g/mol. The topological polar surface area (TPSA) is 212 Å². The van der Waals surface area contributed by atoms with Crippen LogP contribution >= 0.6 is 0 Å². The molecule has 18 nitrogen and oxygen atoms in total. The Balaban J connectivity index is 4.59. The highest BCUT2D eigenvalue weighted by molar-refractivity contribution is 5.81. The normalized spacial score (nSPS) is 15.1. The molecule has 0 aliphatic heterocycles. The Morgan fingerprint density at radius 3 is 1.28 bits per heavy atom. The van der Waals surface area contributed by atoms with Crippen molar-refractivity contribution >= 4 is 11.8 Å². The summed E-state index contributed by atoms with van der Waals surface area (Å²) >= 11 is 0. The zero-order valence-electron chi connectivity index (χ0n) is 41.2. The molecule has 0 aliphatic carbocycles. The predicted octanol–water partition coefficient (Wildman–Crippen LogP) is 3.93. The molecular weight excluding hydrogens is 986 g/mol. The second kappa shape index (κ2) is 40.1. The number of amides is 2. The molecule has 0 aromatic carbocycles. The minimum absolute atomic E-state index is 0.0268. The van der Waals surface area contributed by atoms with Gasteiger partial charge in [0.25, 0.3) is 5.91 Å². The highest BCUT2D eigenvalue weighted by Gasteiger charge is 2.53. The van der Waals surface area contributed by atoms with Gasteiger partial charge in [0.2, 0.25) is 12.0 Å². The smallest absolute Gasteiger partial charge is 0.379 e. The molecule has 5 N–H and O–H groups in total. The summed E-state index contributed by atoms with van der Waals surface area (Å²) in [4.78, 5) is 27.1. The summed E-state index contributed by atoms with van der Waals surface area (Å²) in [5, 5.41) is 1.88. The number of halogens is 10. The molecule has 0 aliphatic rings. The lowest BCUT2D eigenvalue weighted by molar-refractivity contribution is -0.284. The molecule has 0 rings (SSSR count). The number of carbonyl (C=O) groups is 2.